The third kappa shape index (κ3) is 7.86. The number of unbranched alkanes of at least 4 members (excludes halogenated alkanes) is 2. The Morgan fingerprint density at radius 1 is 1.31 bits per heavy atom. The van der Waals surface area contributed by atoms with Crippen LogP contribution in [0.25, 0.3) is 0 Å². The second-order valence-electron chi connectivity index (χ2n) is 8.19. The average molecular weight is 365 g/mol. The molecule has 4 heteroatoms. The Bertz CT molecular complexity index is 504. The Kier molecular flexibility index (Phi) is 9.85. The summed E-state index contributed by atoms with van der Waals surface area (Å²) in [6.45, 7) is 6.34. The lowest BCUT2D eigenvalue weighted by Crippen LogP contribution is -2.27. The van der Waals surface area contributed by atoms with Crippen LogP contribution in [0.5, 0.6) is 0 Å². The molecule has 26 heavy (non-hydrogen) atoms. The number of carboxylic acids is 1. The van der Waals surface area contributed by atoms with Crippen molar-refractivity contribution in [2.75, 3.05) is 0 Å². The van der Waals surface area contributed by atoms with Crippen LogP contribution in [0.3, 0.4) is 0 Å². The molecule has 1 saturated carbocycles. The monoisotopic (exact) mass is 364 g/mol. The third-order valence-corrected chi connectivity index (χ3v) is 5.49. The lowest BCUT2D eigenvalue weighted by atomic mass is 9.80. The number of aliphatic hydroxyl groups is 1. The molecule has 0 aromatic heterocycles. The summed E-state index contributed by atoms with van der Waals surface area (Å²) in [5.74, 6) is -0.278. The van der Waals surface area contributed by atoms with E-state index in [-0.39, 0.29) is 23.7 Å². The standard InChI is InChI=1S/C22H36O4/c1-4-5-16-22(2,3)20(24)15-13-17-12-14-19(23)18(17)10-8-6-7-9-11-21(25)26/h6,8,13,15,17-18,20,24H,4-5,7,9-12,14,16H2,1-3H3,(H,25,26)/b8-6-,15-13+/t17?,18-,20-/m1/s1. The molecule has 1 unspecified atom stereocenters. The van der Waals surface area contributed by atoms with Gasteiger partial charge in [-0.1, -0.05) is 57.9 Å². The number of carboxylic acid groups (broad SMARTS) is 1. The summed E-state index contributed by atoms with van der Waals surface area (Å²) in [4.78, 5) is 22.7. The zero-order valence-corrected chi connectivity index (χ0v) is 16.6. The Morgan fingerprint density at radius 2 is 2.04 bits per heavy atom. The van der Waals surface area contributed by atoms with Crippen LogP contribution in [-0.2, 0) is 9.59 Å². The highest BCUT2D eigenvalue weighted by Crippen LogP contribution is 2.34. The van der Waals surface area contributed by atoms with Gasteiger partial charge >= 0.3 is 5.97 Å². The number of aliphatic carboxylic acids is 1. The second kappa shape index (κ2) is 11.3. The average Bonchev–Trinajstić information content (AvgIpc) is 2.93. The van der Waals surface area contributed by atoms with E-state index in [1.807, 2.05) is 24.3 Å². The molecule has 0 radical (unpaired) electrons. The highest BCUT2D eigenvalue weighted by Gasteiger charge is 2.32. The van der Waals surface area contributed by atoms with Crippen molar-refractivity contribution in [2.24, 2.45) is 17.3 Å². The summed E-state index contributed by atoms with van der Waals surface area (Å²) in [6.07, 6.45) is 14.4. The summed E-state index contributed by atoms with van der Waals surface area (Å²) in [6, 6.07) is 0. The molecule has 0 bridgehead atoms. The van der Waals surface area contributed by atoms with Gasteiger partial charge in [-0.25, -0.2) is 0 Å². The predicted octanol–water partition coefficient (Wildman–Crippen LogP) is 4.92. The Labute approximate surface area is 158 Å². The minimum Gasteiger partial charge on any atom is -0.481 e. The van der Waals surface area contributed by atoms with Crippen molar-refractivity contribution in [1.29, 1.82) is 0 Å². The predicted molar refractivity (Wildman–Crippen MR) is 105 cm³/mol. The number of carbonyl (C=O) groups excluding carboxylic acids is 1. The molecule has 1 aliphatic rings. The van der Waals surface area contributed by atoms with Gasteiger partial charge in [0.2, 0.25) is 0 Å². The van der Waals surface area contributed by atoms with Gasteiger partial charge in [-0.3, -0.25) is 9.59 Å². The van der Waals surface area contributed by atoms with Gasteiger partial charge in [0, 0.05) is 18.8 Å². The fourth-order valence-electron chi connectivity index (χ4n) is 3.49. The molecule has 0 aromatic rings. The fraction of sp³-hybridized carbons (Fsp3) is 0.727. The normalized spacial score (nSPS) is 22.5. The number of aliphatic hydroxyl groups excluding tert-OH is 1. The van der Waals surface area contributed by atoms with E-state index >= 15 is 0 Å². The van der Waals surface area contributed by atoms with Crippen molar-refractivity contribution in [2.45, 2.75) is 84.7 Å². The van der Waals surface area contributed by atoms with Gasteiger partial charge < -0.3 is 10.2 Å². The molecule has 0 aromatic carbocycles. The third-order valence-electron chi connectivity index (χ3n) is 5.49. The highest BCUT2D eigenvalue weighted by atomic mass is 16.4. The Hall–Kier alpha value is -1.42. The first-order chi connectivity index (χ1) is 12.3. The molecule has 0 heterocycles. The van der Waals surface area contributed by atoms with Gasteiger partial charge in [0.05, 0.1) is 6.10 Å². The summed E-state index contributed by atoms with van der Waals surface area (Å²) >= 11 is 0. The summed E-state index contributed by atoms with van der Waals surface area (Å²) in [7, 11) is 0. The molecule has 2 N–H and O–H groups in total. The van der Waals surface area contributed by atoms with Gasteiger partial charge in [0.15, 0.2) is 0 Å². The van der Waals surface area contributed by atoms with Gasteiger partial charge in [-0.15, -0.1) is 0 Å². The van der Waals surface area contributed by atoms with E-state index in [2.05, 4.69) is 20.8 Å². The van der Waals surface area contributed by atoms with E-state index < -0.39 is 12.1 Å². The maximum Gasteiger partial charge on any atom is 0.303 e. The van der Waals surface area contributed by atoms with E-state index in [0.29, 0.717) is 25.0 Å². The van der Waals surface area contributed by atoms with Crippen LogP contribution in [0.4, 0.5) is 0 Å². The van der Waals surface area contributed by atoms with Crippen LogP contribution in [0.1, 0.15) is 78.6 Å². The van der Waals surface area contributed by atoms with Gasteiger partial charge in [0.25, 0.3) is 0 Å². The molecule has 148 valence electrons. The summed E-state index contributed by atoms with van der Waals surface area (Å²) in [5, 5.41) is 19.1. The van der Waals surface area contributed by atoms with Crippen molar-refractivity contribution >= 4 is 11.8 Å². The first kappa shape index (κ1) is 22.6. The number of allylic oxidation sites excluding steroid dienone is 3. The lowest BCUT2D eigenvalue weighted by Gasteiger charge is -2.29. The first-order valence-corrected chi connectivity index (χ1v) is 10.0. The van der Waals surface area contributed by atoms with Crippen LogP contribution < -0.4 is 0 Å². The molecule has 1 rings (SSSR count). The number of Topliss-reactive ketones (excluding diaryl/α,β-unsaturated/α-hetero) is 1. The molecular weight excluding hydrogens is 328 g/mol. The number of ketones is 1. The van der Waals surface area contributed by atoms with Gasteiger partial charge in [0.1, 0.15) is 5.78 Å². The van der Waals surface area contributed by atoms with Crippen LogP contribution >= 0.6 is 0 Å². The molecular formula is C22H36O4. The SMILES string of the molecule is CCCCC(C)(C)[C@H](O)/C=C/C1CCC(=O)[C@@H]1C/C=C\CCCC(=O)O. The summed E-state index contributed by atoms with van der Waals surface area (Å²) in [5.41, 5.74) is -0.144. The zero-order valence-electron chi connectivity index (χ0n) is 16.6. The summed E-state index contributed by atoms with van der Waals surface area (Å²) < 4.78 is 0. The van der Waals surface area contributed by atoms with E-state index in [0.717, 1.165) is 32.1 Å². The number of hydrogen-bond donors (Lipinski definition) is 2. The molecule has 4 nitrogen and oxygen atoms in total. The highest BCUT2D eigenvalue weighted by molar-refractivity contribution is 5.83. The lowest BCUT2D eigenvalue weighted by molar-refractivity contribution is -0.137. The van der Waals surface area contributed by atoms with E-state index in [1.165, 1.54) is 0 Å². The maximum atomic E-state index is 12.2. The smallest absolute Gasteiger partial charge is 0.303 e. The van der Waals surface area contributed by atoms with Gasteiger partial charge in [-0.2, -0.15) is 0 Å². The minimum absolute atomic E-state index is 0.00655. The van der Waals surface area contributed by atoms with E-state index in [9.17, 15) is 14.7 Å². The Balaban J connectivity index is 2.52. The van der Waals surface area contributed by atoms with Crippen molar-refractivity contribution in [3.8, 4) is 0 Å². The van der Waals surface area contributed by atoms with Crippen molar-refractivity contribution in [1.82, 2.24) is 0 Å². The van der Waals surface area contributed by atoms with Crippen molar-refractivity contribution < 1.29 is 19.8 Å². The van der Waals surface area contributed by atoms with Crippen molar-refractivity contribution in [3.63, 3.8) is 0 Å². The molecule has 0 amide bonds. The molecule has 1 aliphatic carbocycles. The fourth-order valence-corrected chi connectivity index (χ4v) is 3.49. The number of rotatable bonds is 12. The van der Waals surface area contributed by atoms with E-state index in [4.69, 9.17) is 5.11 Å². The van der Waals surface area contributed by atoms with Crippen LogP contribution in [-0.4, -0.2) is 28.1 Å². The van der Waals surface area contributed by atoms with Crippen LogP contribution in [0.2, 0.25) is 0 Å². The largest absolute Gasteiger partial charge is 0.481 e. The minimum atomic E-state index is -0.769. The quantitative estimate of drug-likeness (QED) is 0.381. The molecule has 3 atom stereocenters. The van der Waals surface area contributed by atoms with Crippen LogP contribution in [0.15, 0.2) is 24.3 Å². The number of hydrogen-bond acceptors (Lipinski definition) is 3. The number of carbonyl (C=O) groups is 2. The van der Waals surface area contributed by atoms with Gasteiger partial charge in [-0.05, 0) is 43.4 Å². The second-order valence-corrected chi connectivity index (χ2v) is 8.19. The zero-order chi connectivity index (χ0) is 19.6. The molecule has 0 spiro atoms. The van der Waals surface area contributed by atoms with E-state index in [1.54, 1.807) is 0 Å². The first-order valence-electron chi connectivity index (χ1n) is 10.0. The van der Waals surface area contributed by atoms with Crippen LogP contribution in [0, 0.1) is 17.3 Å². The topological polar surface area (TPSA) is 74.6 Å². The molecule has 1 fully saturated rings. The molecule has 0 saturated heterocycles. The molecule has 0 aliphatic heterocycles. The Morgan fingerprint density at radius 3 is 2.69 bits per heavy atom. The maximum absolute atomic E-state index is 12.2. The van der Waals surface area contributed by atoms with Crippen molar-refractivity contribution in [3.05, 3.63) is 24.3 Å².